The predicted molar refractivity (Wildman–Crippen MR) is 95.1 cm³/mol. The van der Waals surface area contributed by atoms with E-state index < -0.39 is 0 Å². The van der Waals surface area contributed by atoms with Gasteiger partial charge in [0.15, 0.2) is 0 Å². The van der Waals surface area contributed by atoms with Crippen molar-refractivity contribution in [2.75, 3.05) is 13.1 Å². The third-order valence-electron chi connectivity index (χ3n) is 4.71. The van der Waals surface area contributed by atoms with Crippen LogP contribution in [0.3, 0.4) is 0 Å². The molecular formula is C20H23N3O. The minimum Gasteiger partial charge on any atom is -0.488 e. The number of nitrogens with zero attached hydrogens (tertiary/aromatic N) is 2. The Hall–Kier alpha value is -2.20. The summed E-state index contributed by atoms with van der Waals surface area (Å²) in [4.78, 5) is 8.95. The molecule has 1 aromatic carbocycles. The highest BCUT2D eigenvalue weighted by Crippen LogP contribution is 2.37. The molecule has 124 valence electrons. The average molecular weight is 321 g/mol. The Morgan fingerprint density at radius 3 is 2.42 bits per heavy atom. The van der Waals surface area contributed by atoms with Crippen molar-refractivity contribution < 1.29 is 4.74 Å². The summed E-state index contributed by atoms with van der Waals surface area (Å²) < 4.78 is 5.84. The minimum atomic E-state index is 0.328. The number of nitrogens with one attached hydrogen (secondary N) is 1. The van der Waals surface area contributed by atoms with Crippen LogP contribution in [0, 0.1) is 0 Å². The lowest BCUT2D eigenvalue weighted by Crippen LogP contribution is -2.50. The smallest absolute Gasteiger partial charge is 0.131 e. The molecule has 24 heavy (non-hydrogen) atoms. The lowest BCUT2D eigenvalue weighted by Gasteiger charge is -2.27. The molecule has 1 aromatic heterocycles. The number of hydrogen-bond acceptors (Lipinski definition) is 4. The van der Waals surface area contributed by atoms with Gasteiger partial charge in [0.05, 0.1) is 0 Å². The van der Waals surface area contributed by atoms with Crippen molar-refractivity contribution in [3.05, 3.63) is 60.2 Å². The highest BCUT2D eigenvalue weighted by atomic mass is 16.5. The average Bonchev–Trinajstić information content (AvgIpc) is 3.42. The quantitative estimate of drug-likeness (QED) is 0.849. The summed E-state index contributed by atoms with van der Waals surface area (Å²) >= 11 is 0. The van der Waals surface area contributed by atoms with Crippen molar-refractivity contribution in [1.29, 1.82) is 0 Å². The van der Waals surface area contributed by atoms with Gasteiger partial charge in [-0.15, -0.1) is 0 Å². The lowest BCUT2D eigenvalue weighted by atomic mass is 10.0. The topological polar surface area (TPSA) is 47.0 Å². The van der Waals surface area contributed by atoms with Crippen LogP contribution in [0.5, 0.6) is 5.75 Å². The molecule has 1 aliphatic carbocycles. The molecule has 0 amide bonds. The summed E-state index contributed by atoms with van der Waals surface area (Å²) in [5, 5.41) is 3.21. The Balaban J connectivity index is 1.29. The molecule has 2 aliphatic rings. The number of benzene rings is 1. The van der Waals surface area contributed by atoms with Gasteiger partial charge in [0, 0.05) is 37.0 Å². The van der Waals surface area contributed by atoms with Gasteiger partial charge in [0.1, 0.15) is 17.7 Å². The van der Waals surface area contributed by atoms with Gasteiger partial charge in [-0.25, -0.2) is 9.97 Å². The second-order valence-electron chi connectivity index (χ2n) is 6.75. The number of hydrogen-bond donors (Lipinski definition) is 1. The maximum atomic E-state index is 5.84. The maximum Gasteiger partial charge on any atom is 0.131 e. The first kappa shape index (κ1) is 15.3. The van der Waals surface area contributed by atoms with Gasteiger partial charge in [-0.2, -0.15) is 0 Å². The Labute approximate surface area is 143 Å². The summed E-state index contributed by atoms with van der Waals surface area (Å²) in [5.41, 5.74) is 3.45. The third kappa shape index (κ3) is 3.65. The fourth-order valence-corrected chi connectivity index (χ4v) is 2.79. The van der Waals surface area contributed by atoms with Gasteiger partial charge in [-0.3, -0.25) is 0 Å². The monoisotopic (exact) mass is 321 g/mol. The van der Waals surface area contributed by atoms with E-state index in [4.69, 9.17) is 4.74 Å². The predicted octanol–water partition coefficient (Wildman–Crippen LogP) is 3.35. The number of rotatable bonds is 7. The van der Waals surface area contributed by atoms with Crippen LogP contribution >= 0.6 is 0 Å². The summed E-state index contributed by atoms with van der Waals surface area (Å²) in [6.07, 6.45) is 8.52. The molecule has 0 spiro atoms. The summed E-state index contributed by atoms with van der Waals surface area (Å²) in [7, 11) is 0. The number of aromatic nitrogens is 2. The molecule has 4 nitrogen and oxygen atoms in total. The molecule has 0 bridgehead atoms. The maximum absolute atomic E-state index is 5.84. The summed E-state index contributed by atoms with van der Waals surface area (Å²) in [6, 6.07) is 8.40. The van der Waals surface area contributed by atoms with Gasteiger partial charge in [-0.1, -0.05) is 18.7 Å². The van der Waals surface area contributed by atoms with E-state index in [1.807, 2.05) is 12.4 Å². The Morgan fingerprint density at radius 2 is 1.83 bits per heavy atom. The molecule has 1 saturated carbocycles. The first-order valence-electron chi connectivity index (χ1n) is 8.74. The third-order valence-corrected chi connectivity index (χ3v) is 4.71. The van der Waals surface area contributed by atoms with Crippen molar-refractivity contribution >= 4 is 5.57 Å². The minimum absolute atomic E-state index is 0.328. The SMILES string of the molecule is C=C(CCc1ccc(OC2CNC2)cc1)c1cnc(C2CC2)nc1. The van der Waals surface area contributed by atoms with E-state index in [0.717, 1.165) is 48.6 Å². The van der Waals surface area contributed by atoms with Crippen LogP contribution in [0.1, 0.15) is 42.1 Å². The van der Waals surface area contributed by atoms with E-state index >= 15 is 0 Å². The molecule has 2 aromatic rings. The number of allylic oxidation sites excluding steroid dienone is 1. The Kier molecular flexibility index (Phi) is 4.30. The zero-order chi connectivity index (χ0) is 16.4. The molecule has 1 saturated heterocycles. The zero-order valence-electron chi connectivity index (χ0n) is 13.9. The normalized spacial score (nSPS) is 17.3. The first-order valence-corrected chi connectivity index (χ1v) is 8.74. The molecule has 0 unspecified atom stereocenters. The molecule has 1 N–H and O–H groups in total. The zero-order valence-corrected chi connectivity index (χ0v) is 13.9. The van der Waals surface area contributed by atoms with Crippen molar-refractivity contribution in [1.82, 2.24) is 15.3 Å². The van der Waals surface area contributed by atoms with Crippen molar-refractivity contribution in [3.8, 4) is 5.75 Å². The Morgan fingerprint density at radius 1 is 1.12 bits per heavy atom. The standard InChI is InChI=1S/C20H23N3O/c1-14(17-10-22-20(23-11-17)16-6-7-16)2-3-15-4-8-18(9-5-15)24-19-12-21-13-19/h4-5,8-11,16,19,21H,1-3,6-7,12-13H2. The van der Waals surface area contributed by atoms with E-state index in [1.54, 1.807) is 0 Å². The number of ether oxygens (including phenoxy) is 1. The summed E-state index contributed by atoms with van der Waals surface area (Å²) in [6.45, 7) is 6.09. The molecule has 4 rings (SSSR count). The van der Waals surface area contributed by atoms with E-state index in [1.165, 1.54) is 18.4 Å². The van der Waals surface area contributed by atoms with Crippen LogP contribution in [0.2, 0.25) is 0 Å². The van der Waals surface area contributed by atoms with Gasteiger partial charge in [-0.05, 0) is 49.0 Å². The lowest BCUT2D eigenvalue weighted by molar-refractivity contribution is 0.142. The Bertz CT molecular complexity index is 701. The second-order valence-corrected chi connectivity index (χ2v) is 6.75. The van der Waals surface area contributed by atoms with Crippen LogP contribution in [0.25, 0.3) is 5.57 Å². The summed E-state index contributed by atoms with van der Waals surface area (Å²) in [5.74, 6) is 2.54. The van der Waals surface area contributed by atoms with E-state index in [0.29, 0.717) is 12.0 Å². The fourth-order valence-electron chi connectivity index (χ4n) is 2.79. The van der Waals surface area contributed by atoms with E-state index in [2.05, 4.69) is 46.1 Å². The van der Waals surface area contributed by atoms with Crippen molar-refractivity contribution in [2.45, 2.75) is 37.7 Å². The molecule has 4 heteroatoms. The van der Waals surface area contributed by atoms with Crippen LogP contribution in [-0.2, 0) is 6.42 Å². The molecule has 2 fully saturated rings. The first-order chi connectivity index (χ1) is 11.8. The molecule has 2 heterocycles. The van der Waals surface area contributed by atoms with Gasteiger partial charge in [0.2, 0.25) is 0 Å². The van der Waals surface area contributed by atoms with Gasteiger partial charge >= 0.3 is 0 Å². The largest absolute Gasteiger partial charge is 0.488 e. The highest BCUT2D eigenvalue weighted by Gasteiger charge is 2.26. The highest BCUT2D eigenvalue weighted by molar-refractivity contribution is 5.62. The molecule has 0 radical (unpaired) electrons. The number of aryl methyl sites for hydroxylation is 1. The molecule has 0 atom stereocenters. The molecule has 1 aliphatic heterocycles. The van der Waals surface area contributed by atoms with Crippen LogP contribution in [-0.4, -0.2) is 29.2 Å². The van der Waals surface area contributed by atoms with Crippen molar-refractivity contribution in [3.63, 3.8) is 0 Å². The van der Waals surface area contributed by atoms with Crippen LogP contribution in [0.4, 0.5) is 0 Å². The fraction of sp³-hybridized carbons (Fsp3) is 0.400. The molecular weight excluding hydrogens is 298 g/mol. The van der Waals surface area contributed by atoms with Gasteiger partial charge < -0.3 is 10.1 Å². The van der Waals surface area contributed by atoms with Crippen LogP contribution < -0.4 is 10.1 Å². The van der Waals surface area contributed by atoms with Gasteiger partial charge in [0.25, 0.3) is 0 Å². The van der Waals surface area contributed by atoms with E-state index in [-0.39, 0.29) is 0 Å². The van der Waals surface area contributed by atoms with Crippen LogP contribution in [0.15, 0.2) is 43.2 Å². The van der Waals surface area contributed by atoms with E-state index in [9.17, 15) is 0 Å². The second kappa shape index (κ2) is 6.73. The van der Waals surface area contributed by atoms with Crippen molar-refractivity contribution in [2.24, 2.45) is 0 Å².